The number of amides is 2. The van der Waals surface area contributed by atoms with Gasteiger partial charge in [-0.05, 0) is 18.2 Å². The van der Waals surface area contributed by atoms with Crippen LogP contribution in [-0.4, -0.2) is 42.3 Å². The molecule has 1 aliphatic heterocycles. The third-order valence-corrected chi connectivity index (χ3v) is 3.48. The molecule has 2 aromatic rings. The van der Waals surface area contributed by atoms with Gasteiger partial charge in [-0.25, -0.2) is 9.78 Å². The summed E-state index contributed by atoms with van der Waals surface area (Å²) in [4.78, 5) is 21.9. The van der Waals surface area contributed by atoms with Gasteiger partial charge in [0.1, 0.15) is 0 Å². The van der Waals surface area contributed by atoms with Gasteiger partial charge in [0.05, 0.1) is 18.7 Å². The van der Waals surface area contributed by atoms with Gasteiger partial charge in [-0.1, -0.05) is 11.6 Å². The number of hydrogen-bond donors (Lipinski definition) is 3. The lowest BCUT2D eigenvalue weighted by atomic mass is 10.2. The highest BCUT2D eigenvalue weighted by Gasteiger charge is 2.17. The van der Waals surface area contributed by atoms with Gasteiger partial charge in [-0.15, -0.1) is 0 Å². The normalized spacial score (nSPS) is 14.9. The molecule has 1 aliphatic rings. The first-order valence-corrected chi connectivity index (χ1v) is 7.13. The van der Waals surface area contributed by atoms with E-state index < -0.39 is 6.03 Å². The Labute approximate surface area is 131 Å². The molecular formula is C13H15ClN6O2. The summed E-state index contributed by atoms with van der Waals surface area (Å²) in [6.45, 7) is 2.68. The fourth-order valence-electron chi connectivity index (χ4n) is 2.21. The molecule has 0 saturated carbocycles. The number of aromatic nitrogens is 2. The van der Waals surface area contributed by atoms with Crippen LogP contribution in [0.3, 0.4) is 0 Å². The molecule has 0 spiro atoms. The van der Waals surface area contributed by atoms with Gasteiger partial charge in [-0.2, -0.15) is 4.98 Å². The van der Waals surface area contributed by atoms with Gasteiger partial charge in [0.15, 0.2) is 5.82 Å². The predicted octanol–water partition coefficient (Wildman–Crippen LogP) is 1.12. The zero-order valence-electron chi connectivity index (χ0n) is 11.7. The van der Waals surface area contributed by atoms with Gasteiger partial charge >= 0.3 is 6.03 Å². The molecule has 0 atom stereocenters. The van der Waals surface area contributed by atoms with Crippen LogP contribution in [0, 0.1) is 0 Å². The van der Waals surface area contributed by atoms with E-state index in [-0.39, 0.29) is 0 Å². The number of fused-ring (bicyclic) bond motifs is 1. The molecule has 1 aromatic heterocycles. The molecule has 22 heavy (non-hydrogen) atoms. The Morgan fingerprint density at radius 2 is 2.09 bits per heavy atom. The number of nitrogens with two attached hydrogens (primary N) is 1. The van der Waals surface area contributed by atoms with Gasteiger partial charge in [-0.3, -0.25) is 10.9 Å². The van der Waals surface area contributed by atoms with Crippen molar-refractivity contribution in [2.24, 2.45) is 5.73 Å². The van der Waals surface area contributed by atoms with Gasteiger partial charge < -0.3 is 15.4 Å². The lowest BCUT2D eigenvalue weighted by Gasteiger charge is -2.27. The van der Waals surface area contributed by atoms with Crippen molar-refractivity contribution in [3.63, 3.8) is 0 Å². The predicted molar refractivity (Wildman–Crippen MR) is 83.9 cm³/mol. The van der Waals surface area contributed by atoms with Crippen LogP contribution in [0.4, 0.5) is 16.6 Å². The summed E-state index contributed by atoms with van der Waals surface area (Å²) in [6.07, 6.45) is 0. The molecule has 2 amide bonds. The van der Waals surface area contributed by atoms with Crippen molar-refractivity contribution in [1.82, 2.24) is 15.4 Å². The second-order valence-electron chi connectivity index (χ2n) is 4.75. The maximum Gasteiger partial charge on any atom is 0.330 e. The van der Waals surface area contributed by atoms with Crippen LogP contribution >= 0.6 is 11.6 Å². The van der Waals surface area contributed by atoms with E-state index in [4.69, 9.17) is 22.1 Å². The van der Waals surface area contributed by atoms with Crippen molar-refractivity contribution < 1.29 is 9.53 Å². The summed E-state index contributed by atoms with van der Waals surface area (Å²) in [5, 5.41) is 1.25. The monoisotopic (exact) mass is 322 g/mol. The van der Waals surface area contributed by atoms with Crippen molar-refractivity contribution in [1.29, 1.82) is 0 Å². The maximum absolute atomic E-state index is 10.9. The first-order chi connectivity index (χ1) is 10.6. The fourth-order valence-corrected chi connectivity index (χ4v) is 2.38. The van der Waals surface area contributed by atoms with E-state index in [0.29, 0.717) is 48.5 Å². The lowest BCUT2D eigenvalue weighted by Crippen LogP contribution is -2.38. The van der Waals surface area contributed by atoms with Crippen LogP contribution in [0.1, 0.15) is 0 Å². The molecule has 0 aliphatic carbocycles. The Balaban J connectivity index is 2.02. The summed E-state index contributed by atoms with van der Waals surface area (Å²) >= 11 is 6.02. The second kappa shape index (κ2) is 6.20. The molecule has 4 N–H and O–H groups in total. The zero-order valence-corrected chi connectivity index (χ0v) is 12.4. The molecule has 3 rings (SSSR count). The van der Waals surface area contributed by atoms with E-state index in [1.54, 1.807) is 18.2 Å². The Morgan fingerprint density at radius 1 is 1.32 bits per heavy atom. The molecule has 2 heterocycles. The second-order valence-corrected chi connectivity index (χ2v) is 5.18. The highest BCUT2D eigenvalue weighted by atomic mass is 35.5. The highest BCUT2D eigenvalue weighted by molar-refractivity contribution is 6.31. The molecular weight excluding hydrogens is 308 g/mol. The number of urea groups is 1. The molecule has 9 heteroatoms. The third-order valence-electron chi connectivity index (χ3n) is 3.24. The van der Waals surface area contributed by atoms with Crippen molar-refractivity contribution in [2.75, 3.05) is 36.6 Å². The average Bonchev–Trinajstić information content (AvgIpc) is 2.53. The number of morpholine rings is 1. The van der Waals surface area contributed by atoms with Crippen LogP contribution in [0.2, 0.25) is 5.02 Å². The molecule has 1 fully saturated rings. The standard InChI is InChI=1S/C13H15ClN6O2/c14-8-1-2-10-9(7-8)11(18-19-12(15)21)17-13(16-10)20-3-5-22-6-4-20/h1-2,7H,3-6H2,(H3,15,19,21)(H,16,17,18). The van der Waals surface area contributed by atoms with Crippen LogP contribution in [0.15, 0.2) is 18.2 Å². The molecule has 0 unspecified atom stereocenters. The Morgan fingerprint density at radius 3 is 2.82 bits per heavy atom. The van der Waals surface area contributed by atoms with Crippen molar-refractivity contribution in [2.45, 2.75) is 0 Å². The van der Waals surface area contributed by atoms with Crippen LogP contribution in [0.5, 0.6) is 0 Å². The van der Waals surface area contributed by atoms with Crippen molar-refractivity contribution in [3.8, 4) is 0 Å². The van der Waals surface area contributed by atoms with E-state index in [2.05, 4.69) is 20.8 Å². The number of nitrogens with zero attached hydrogens (tertiary/aromatic N) is 3. The number of hydrogen-bond acceptors (Lipinski definition) is 6. The summed E-state index contributed by atoms with van der Waals surface area (Å²) in [7, 11) is 0. The number of primary amides is 1. The van der Waals surface area contributed by atoms with E-state index in [1.165, 1.54) is 0 Å². The smallest absolute Gasteiger partial charge is 0.330 e. The van der Waals surface area contributed by atoms with Crippen molar-refractivity contribution >= 4 is 40.3 Å². The SMILES string of the molecule is NC(=O)NNc1nc(N2CCOCC2)nc2ccc(Cl)cc12. The van der Waals surface area contributed by atoms with Crippen LogP contribution in [0.25, 0.3) is 10.9 Å². The van der Waals surface area contributed by atoms with E-state index in [0.717, 1.165) is 5.52 Å². The Bertz CT molecular complexity index is 704. The number of anilines is 2. The number of carbonyl (C=O) groups excluding carboxylic acids is 1. The molecule has 0 radical (unpaired) electrons. The fraction of sp³-hybridized carbons (Fsp3) is 0.308. The molecule has 116 valence electrons. The largest absolute Gasteiger partial charge is 0.378 e. The molecule has 8 nitrogen and oxygen atoms in total. The van der Waals surface area contributed by atoms with Crippen LogP contribution in [-0.2, 0) is 4.74 Å². The van der Waals surface area contributed by atoms with E-state index in [9.17, 15) is 4.79 Å². The third kappa shape index (κ3) is 3.12. The van der Waals surface area contributed by atoms with Gasteiger partial charge in [0, 0.05) is 23.5 Å². The van der Waals surface area contributed by atoms with Gasteiger partial charge in [0.25, 0.3) is 0 Å². The highest BCUT2D eigenvalue weighted by Crippen LogP contribution is 2.26. The number of halogens is 1. The lowest BCUT2D eigenvalue weighted by molar-refractivity contribution is 0.122. The zero-order chi connectivity index (χ0) is 15.5. The number of carbonyl (C=O) groups is 1. The van der Waals surface area contributed by atoms with Crippen molar-refractivity contribution in [3.05, 3.63) is 23.2 Å². The Hall–Kier alpha value is -2.32. The summed E-state index contributed by atoms with van der Waals surface area (Å²) in [5.74, 6) is 1.000. The molecule has 1 aromatic carbocycles. The first-order valence-electron chi connectivity index (χ1n) is 6.75. The summed E-state index contributed by atoms with van der Waals surface area (Å²) in [6, 6.07) is 4.58. The number of ether oxygens (including phenoxy) is 1. The Kier molecular flexibility index (Phi) is 4.12. The number of rotatable bonds is 3. The number of benzene rings is 1. The van der Waals surface area contributed by atoms with Gasteiger partial charge in [0.2, 0.25) is 5.95 Å². The topological polar surface area (TPSA) is 105 Å². The molecule has 1 saturated heterocycles. The summed E-state index contributed by atoms with van der Waals surface area (Å²) < 4.78 is 5.33. The first kappa shape index (κ1) is 14.6. The number of nitrogens with one attached hydrogen (secondary N) is 2. The van der Waals surface area contributed by atoms with E-state index in [1.807, 2.05) is 4.90 Å². The minimum Gasteiger partial charge on any atom is -0.378 e. The minimum atomic E-state index is -0.707. The van der Waals surface area contributed by atoms with E-state index >= 15 is 0 Å². The summed E-state index contributed by atoms with van der Waals surface area (Å²) in [5.41, 5.74) is 10.8. The number of hydrazine groups is 1. The minimum absolute atomic E-state index is 0.438. The average molecular weight is 323 g/mol. The maximum atomic E-state index is 10.9. The quantitative estimate of drug-likeness (QED) is 0.731. The molecule has 0 bridgehead atoms. The van der Waals surface area contributed by atoms with Crippen LogP contribution < -0.4 is 21.5 Å².